The number of aromatic nitrogens is 3. The van der Waals surface area contributed by atoms with E-state index in [9.17, 15) is 4.79 Å². The number of benzene rings is 2. The van der Waals surface area contributed by atoms with Crippen LogP contribution in [-0.4, -0.2) is 27.4 Å². The number of rotatable bonds is 5. The monoisotopic (exact) mass is 398 g/mol. The molecule has 0 aliphatic heterocycles. The molecule has 1 amide bonds. The van der Waals surface area contributed by atoms with Crippen molar-refractivity contribution in [3.05, 3.63) is 75.5 Å². The van der Waals surface area contributed by atoms with Gasteiger partial charge in [-0.15, -0.1) is 5.10 Å². The van der Waals surface area contributed by atoms with Crippen LogP contribution in [0.1, 0.15) is 27.3 Å². The first-order valence-electron chi connectivity index (χ1n) is 8.07. The molecule has 0 saturated heterocycles. The van der Waals surface area contributed by atoms with Crippen molar-refractivity contribution in [3.63, 3.8) is 0 Å². The fourth-order valence-corrected chi connectivity index (χ4v) is 3.05. The van der Waals surface area contributed by atoms with Crippen LogP contribution in [0, 0.1) is 13.8 Å². The first kappa shape index (κ1) is 17.4. The number of amides is 1. The van der Waals surface area contributed by atoms with Gasteiger partial charge in [-0.25, -0.2) is 4.68 Å². The summed E-state index contributed by atoms with van der Waals surface area (Å²) >= 11 is 3.52. The quantitative estimate of drug-likeness (QED) is 0.713. The van der Waals surface area contributed by atoms with E-state index in [4.69, 9.17) is 0 Å². The van der Waals surface area contributed by atoms with E-state index in [1.54, 1.807) is 4.68 Å². The summed E-state index contributed by atoms with van der Waals surface area (Å²) in [5.41, 5.74) is 4.30. The summed E-state index contributed by atoms with van der Waals surface area (Å²) < 4.78 is 2.73. The smallest absolute Gasteiger partial charge is 0.273 e. The van der Waals surface area contributed by atoms with Crippen LogP contribution in [0.25, 0.3) is 5.69 Å². The summed E-state index contributed by atoms with van der Waals surface area (Å²) in [4.78, 5) is 12.4. The summed E-state index contributed by atoms with van der Waals surface area (Å²) in [5.74, 6) is -0.206. The number of nitrogens with zero attached hydrogens (tertiary/aromatic N) is 3. The summed E-state index contributed by atoms with van der Waals surface area (Å²) in [6.45, 7) is 4.42. The second-order valence-electron chi connectivity index (χ2n) is 5.87. The van der Waals surface area contributed by atoms with E-state index in [1.807, 2.05) is 62.4 Å². The van der Waals surface area contributed by atoms with E-state index in [1.165, 1.54) is 5.56 Å². The van der Waals surface area contributed by atoms with Crippen molar-refractivity contribution >= 4 is 21.8 Å². The van der Waals surface area contributed by atoms with Crippen LogP contribution in [0.15, 0.2) is 53.0 Å². The minimum atomic E-state index is -0.206. The first-order chi connectivity index (χ1) is 12.1. The van der Waals surface area contributed by atoms with Crippen molar-refractivity contribution in [2.45, 2.75) is 20.3 Å². The van der Waals surface area contributed by atoms with Crippen LogP contribution in [0.5, 0.6) is 0 Å². The molecule has 3 rings (SSSR count). The zero-order valence-corrected chi connectivity index (χ0v) is 15.7. The molecule has 1 aromatic heterocycles. The van der Waals surface area contributed by atoms with Gasteiger partial charge in [0, 0.05) is 11.0 Å². The van der Waals surface area contributed by atoms with Crippen molar-refractivity contribution in [2.75, 3.05) is 6.54 Å². The van der Waals surface area contributed by atoms with Gasteiger partial charge in [-0.3, -0.25) is 4.79 Å². The van der Waals surface area contributed by atoms with Crippen LogP contribution < -0.4 is 5.32 Å². The third-order valence-corrected chi connectivity index (χ3v) is 4.80. The Balaban J connectivity index is 1.67. The molecule has 0 fully saturated rings. The Morgan fingerprint density at radius 3 is 2.56 bits per heavy atom. The molecule has 5 nitrogen and oxygen atoms in total. The Bertz CT molecular complexity index is 887. The van der Waals surface area contributed by atoms with E-state index in [0.29, 0.717) is 12.2 Å². The Kier molecular flexibility index (Phi) is 5.28. The van der Waals surface area contributed by atoms with E-state index in [-0.39, 0.29) is 5.91 Å². The molecule has 25 heavy (non-hydrogen) atoms. The molecule has 0 radical (unpaired) electrons. The average molecular weight is 399 g/mol. The molecule has 3 aromatic rings. The number of carbonyl (C=O) groups is 1. The molecule has 0 saturated carbocycles. The lowest BCUT2D eigenvalue weighted by Gasteiger charge is -2.06. The van der Waals surface area contributed by atoms with Crippen LogP contribution in [0.3, 0.4) is 0 Å². The highest BCUT2D eigenvalue weighted by atomic mass is 79.9. The lowest BCUT2D eigenvalue weighted by molar-refractivity contribution is 0.0948. The number of hydrogen-bond acceptors (Lipinski definition) is 3. The Hall–Kier alpha value is -2.47. The maximum Gasteiger partial charge on any atom is 0.273 e. The minimum Gasteiger partial charge on any atom is -0.350 e. The molecule has 128 valence electrons. The Morgan fingerprint density at radius 2 is 1.84 bits per heavy atom. The molecule has 0 unspecified atom stereocenters. The molecular formula is C19H19BrN4O. The molecule has 0 atom stereocenters. The van der Waals surface area contributed by atoms with Gasteiger partial charge < -0.3 is 5.32 Å². The first-order valence-corrected chi connectivity index (χ1v) is 8.86. The lowest BCUT2D eigenvalue weighted by Crippen LogP contribution is -2.26. The van der Waals surface area contributed by atoms with Crippen LogP contribution in [0.4, 0.5) is 0 Å². The average Bonchev–Trinajstić information content (AvgIpc) is 2.99. The summed E-state index contributed by atoms with van der Waals surface area (Å²) in [5, 5.41) is 11.1. The van der Waals surface area contributed by atoms with Gasteiger partial charge in [-0.2, -0.15) is 0 Å². The third-order valence-electron chi connectivity index (χ3n) is 4.03. The maximum absolute atomic E-state index is 12.4. The zero-order valence-electron chi connectivity index (χ0n) is 14.2. The number of aryl methyl sites for hydroxylation is 1. The van der Waals surface area contributed by atoms with Crippen molar-refractivity contribution in [2.24, 2.45) is 0 Å². The largest absolute Gasteiger partial charge is 0.350 e. The third kappa shape index (κ3) is 3.96. The highest BCUT2D eigenvalue weighted by molar-refractivity contribution is 9.10. The van der Waals surface area contributed by atoms with Gasteiger partial charge in [0.25, 0.3) is 5.91 Å². The molecular weight excluding hydrogens is 380 g/mol. The van der Waals surface area contributed by atoms with Gasteiger partial charge in [0.05, 0.1) is 11.4 Å². The van der Waals surface area contributed by atoms with Gasteiger partial charge in [0.1, 0.15) is 0 Å². The molecule has 0 aliphatic carbocycles. The second kappa shape index (κ2) is 7.61. The zero-order chi connectivity index (χ0) is 17.8. The van der Waals surface area contributed by atoms with Crippen LogP contribution >= 0.6 is 15.9 Å². The SMILES string of the molecule is Cc1ccc(-n2nnc(C(=O)NCCc3ccccc3Br)c2C)cc1. The lowest BCUT2D eigenvalue weighted by atomic mass is 10.1. The van der Waals surface area contributed by atoms with E-state index >= 15 is 0 Å². The van der Waals surface area contributed by atoms with Crippen molar-refractivity contribution in [1.29, 1.82) is 0 Å². The maximum atomic E-state index is 12.4. The molecule has 2 aromatic carbocycles. The number of carbonyl (C=O) groups excluding carboxylic acids is 1. The number of halogens is 1. The fourth-order valence-electron chi connectivity index (χ4n) is 2.57. The minimum absolute atomic E-state index is 0.206. The topological polar surface area (TPSA) is 59.8 Å². The van der Waals surface area contributed by atoms with Gasteiger partial charge in [-0.05, 0) is 44.0 Å². The predicted molar refractivity (Wildman–Crippen MR) is 101 cm³/mol. The van der Waals surface area contributed by atoms with E-state index in [2.05, 4.69) is 31.6 Å². The van der Waals surface area contributed by atoms with Crippen molar-refractivity contribution in [1.82, 2.24) is 20.3 Å². The van der Waals surface area contributed by atoms with E-state index in [0.717, 1.165) is 27.8 Å². The Morgan fingerprint density at radius 1 is 1.12 bits per heavy atom. The highest BCUT2D eigenvalue weighted by Crippen LogP contribution is 2.16. The molecule has 1 heterocycles. The van der Waals surface area contributed by atoms with Gasteiger partial charge >= 0.3 is 0 Å². The van der Waals surface area contributed by atoms with Gasteiger partial charge in [0.2, 0.25) is 0 Å². The van der Waals surface area contributed by atoms with Crippen molar-refractivity contribution < 1.29 is 4.79 Å². The molecule has 0 bridgehead atoms. The van der Waals surface area contributed by atoms with Crippen LogP contribution in [-0.2, 0) is 6.42 Å². The highest BCUT2D eigenvalue weighted by Gasteiger charge is 2.17. The van der Waals surface area contributed by atoms with Crippen molar-refractivity contribution in [3.8, 4) is 5.69 Å². The predicted octanol–water partition coefficient (Wildman–Crippen LogP) is 3.62. The number of nitrogens with one attached hydrogen (secondary N) is 1. The summed E-state index contributed by atoms with van der Waals surface area (Å²) in [6, 6.07) is 15.9. The molecule has 6 heteroatoms. The molecule has 1 N–H and O–H groups in total. The van der Waals surface area contributed by atoms with Gasteiger partial charge in [-0.1, -0.05) is 57.0 Å². The fraction of sp³-hybridized carbons (Fsp3) is 0.211. The van der Waals surface area contributed by atoms with Gasteiger partial charge in [0.15, 0.2) is 5.69 Å². The molecule has 0 aliphatic rings. The summed E-state index contributed by atoms with van der Waals surface area (Å²) in [6.07, 6.45) is 0.748. The normalized spacial score (nSPS) is 10.7. The number of hydrogen-bond donors (Lipinski definition) is 1. The summed E-state index contributed by atoms with van der Waals surface area (Å²) in [7, 11) is 0. The van der Waals surface area contributed by atoms with Crippen LogP contribution in [0.2, 0.25) is 0 Å². The molecule has 0 spiro atoms. The Labute approximate surface area is 155 Å². The second-order valence-corrected chi connectivity index (χ2v) is 6.72. The van der Waals surface area contributed by atoms with E-state index < -0.39 is 0 Å². The standard InChI is InChI=1S/C19H19BrN4O/c1-13-7-9-16(10-8-13)24-14(2)18(22-23-24)19(25)21-12-11-15-5-3-4-6-17(15)20/h3-10H,11-12H2,1-2H3,(H,21,25).